The maximum atomic E-state index is 13.1. The Morgan fingerprint density at radius 2 is 1.63 bits per heavy atom. The molecule has 27 heavy (non-hydrogen) atoms. The molecule has 1 aliphatic heterocycles. The van der Waals surface area contributed by atoms with Crippen LogP contribution in [0.1, 0.15) is 24.8 Å². The van der Waals surface area contributed by atoms with Crippen molar-refractivity contribution in [3.63, 3.8) is 0 Å². The van der Waals surface area contributed by atoms with E-state index in [4.69, 9.17) is 9.97 Å². The molecule has 2 aromatic carbocycles. The van der Waals surface area contributed by atoms with Crippen LogP contribution in [0.4, 0.5) is 16.2 Å². The maximum Gasteiger partial charge on any atom is 0.225 e. The summed E-state index contributed by atoms with van der Waals surface area (Å²) in [4.78, 5) is 11.8. The second-order valence-corrected chi connectivity index (χ2v) is 6.83. The highest BCUT2D eigenvalue weighted by molar-refractivity contribution is 5.64. The molecule has 0 spiro atoms. The summed E-state index contributed by atoms with van der Waals surface area (Å²) in [7, 11) is 0. The normalized spacial score (nSPS) is 14.2. The van der Waals surface area contributed by atoms with Crippen LogP contribution >= 0.6 is 0 Å². The van der Waals surface area contributed by atoms with E-state index in [0.29, 0.717) is 12.5 Å². The summed E-state index contributed by atoms with van der Waals surface area (Å²) in [5.74, 6) is 1.33. The zero-order chi connectivity index (χ0) is 18.5. The summed E-state index contributed by atoms with van der Waals surface area (Å²) in [6.07, 6.45) is 3.68. The van der Waals surface area contributed by atoms with Gasteiger partial charge in [-0.25, -0.2) is 9.37 Å². The third-order valence-electron chi connectivity index (χ3n) is 4.83. The van der Waals surface area contributed by atoms with Crippen LogP contribution in [0.5, 0.6) is 0 Å². The number of nitrogens with zero attached hydrogens (tertiary/aromatic N) is 3. The number of rotatable bonds is 5. The molecule has 0 saturated carbocycles. The van der Waals surface area contributed by atoms with E-state index in [9.17, 15) is 4.39 Å². The number of aromatic nitrogens is 2. The molecule has 0 bridgehead atoms. The predicted molar refractivity (Wildman–Crippen MR) is 107 cm³/mol. The molecule has 1 aromatic heterocycles. The maximum absolute atomic E-state index is 13.1. The second kappa shape index (κ2) is 8.16. The molecule has 0 aliphatic carbocycles. The molecular formula is C22H23FN4. The van der Waals surface area contributed by atoms with Crippen LogP contribution in [0.15, 0.2) is 60.7 Å². The van der Waals surface area contributed by atoms with Crippen LogP contribution in [0, 0.1) is 5.82 Å². The molecule has 1 saturated heterocycles. The Balaban J connectivity index is 1.61. The Labute approximate surface area is 159 Å². The first-order valence-corrected chi connectivity index (χ1v) is 9.46. The fourth-order valence-corrected chi connectivity index (χ4v) is 3.34. The Morgan fingerprint density at radius 1 is 0.889 bits per heavy atom. The molecule has 4 nitrogen and oxygen atoms in total. The number of nitrogens with one attached hydrogen (secondary N) is 1. The molecule has 1 N–H and O–H groups in total. The van der Waals surface area contributed by atoms with Crippen molar-refractivity contribution in [1.82, 2.24) is 9.97 Å². The average Bonchev–Trinajstić information content (AvgIpc) is 2.74. The van der Waals surface area contributed by atoms with Gasteiger partial charge in [-0.1, -0.05) is 42.5 Å². The second-order valence-electron chi connectivity index (χ2n) is 6.83. The molecule has 1 aliphatic rings. The van der Waals surface area contributed by atoms with Crippen LogP contribution in [0.25, 0.3) is 11.3 Å². The highest BCUT2D eigenvalue weighted by atomic mass is 19.1. The lowest BCUT2D eigenvalue weighted by atomic mass is 10.1. The fourth-order valence-electron chi connectivity index (χ4n) is 3.34. The molecule has 0 radical (unpaired) electrons. The third-order valence-corrected chi connectivity index (χ3v) is 4.83. The van der Waals surface area contributed by atoms with Gasteiger partial charge >= 0.3 is 0 Å². The van der Waals surface area contributed by atoms with Gasteiger partial charge in [-0.2, -0.15) is 4.98 Å². The number of piperidine rings is 1. The lowest BCUT2D eigenvalue weighted by molar-refractivity contribution is 0.573. The zero-order valence-electron chi connectivity index (χ0n) is 15.2. The largest absolute Gasteiger partial charge is 0.356 e. The van der Waals surface area contributed by atoms with Crippen molar-refractivity contribution in [2.45, 2.75) is 25.8 Å². The van der Waals surface area contributed by atoms with Gasteiger partial charge in [0.1, 0.15) is 11.6 Å². The first-order valence-electron chi connectivity index (χ1n) is 9.46. The van der Waals surface area contributed by atoms with Crippen LogP contribution in [-0.2, 0) is 6.54 Å². The van der Waals surface area contributed by atoms with Gasteiger partial charge < -0.3 is 10.2 Å². The van der Waals surface area contributed by atoms with Gasteiger partial charge in [-0.05, 0) is 37.0 Å². The lowest BCUT2D eigenvalue weighted by Gasteiger charge is -2.28. The van der Waals surface area contributed by atoms with E-state index < -0.39 is 0 Å². The van der Waals surface area contributed by atoms with Crippen molar-refractivity contribution < 1.29 is 4.39 Å². The standard InChI is InChI=1S/C22H23FN4/c23-19-11-9-17(10-12-19)16-24-22-25-20(18-7-3-1-4-8-18)15-21(26-22)27-13-5-2-6-14-27/h1,3-4,7-12,15H,2,5-6,13-14,16H2,(H,24,25,26). The van der Waals surface area contributed by atoms with Gasteiger partial charge in [0.05, 0.1) is 5.69 Å². The molecule has 1 fully saturated rings. The highest BCUT2D eigenvalue weighted by Gasteiger charge is 2.15. The summed E-state index contributed by atoms with van der Waals surface area (Å²) >= 11 is 0. The van der Waals surface area contributed by atoms with Crippen molar-refractivity contribution in [2.24, 2.45) is 0 Å². The average molecular weight is 362 g/mol. The van der Waals surface area contributed by atoms with Crippen molar-refractivity contribution in [3.8, 4) is 11.3 Å². The summed E-state index contributed by atoms with van der Waals surface area (Å²) in [5.41, 5.74) is 2.97. The van der Waals surface area contributed by atoms with Crippen molar-refractivity contribution in [2.75, 3.05) is 23.3 Å². The van der Waals surface area contributed by atoms with Gasteiger partial charge in [0.25, 0.3) is 0 Å². The number of hydrogen-bond acceptors (Lipinski definition) is 4. The Hall–Kier alpha value is -2.95. The SMILES string of the molecule is Fc1ccc(CNc2nc(-c3ccccc3)cc(N3CCCCC3)n2)cc1. The quantitative estimate of drug-likeness (QED) is 0.702. The molecule has 138 valence electrons. The zero-order valence-corrected chi connectivity index (χ0v) is 15.2. The monoisotopic (exact) mass is 362 g/mol. The van der Waals surface area contributed by atoms with Crippen molar-refractivity contribution >= 4 is 11.8 Å². The van der Waals surface area contributed by atoms with Crippen LogP contribution in [0.2, 0.25) is 0 Å². The third kappa shape index (κ3) is 4.42. The predicted octanol–water partition coefficient (Wildman–Crippen LogP) is 4.89. The minimum atomic E-state index is -0.228. The van der Waals surface area contributed by atoms with Gasteiger partial charge in [-0.15, -0.1) is 0 Å². The molecule has 0 amide bonds. The van der Waals surface area contributed by atoms with Gasteiger partial charge in [0.2, 0.25) is 5.95 Å². The Bertz CT molecular complexity index is 875. The summed E-state index contributed by atoms with van der Waals surface area (Å²) in [5, 5.41) is 3.30. The van der Waals surface area contributed by atoms with E-state index >= 15 is 0 Å². The van der Waals surface area contributed by atoms with Gasteiger partial charge in [-0.3, -0.25) is 0 Å². The minimum absolute atomic E-state index is 0.228. The van der Waals surface area contributed by atoms with E-state index in [0.717, 1.165) is 35.7 Å². The van der Waals surface area contributed by atoms with Crippen LogP contribution in [-0.4, -0.2) is 23.1 Å². The minimum Gasteiger partial charge on any atom is -0.356 e. The molecule has 0 atom stereocenters. The van der Waals surface area contributed by atoms with Crippen LogP contribution < -0.4 is 10.2 Å². The lowest BCUT2D eigenvalue weighted by Crippen LogP contribution is -2.30. The summed E-state index contributed by atoms with van der Waals surface area (Å²) in [6, 6.07) is 18.7. The van der Waals surface area contributed by atoms with Crippen molar-refractivity contribution in [3.05, 3.63) is 72.0 Å². The first-order chi connectivity index (χ1) is 13.3. The molecule has 5 heteroatoms. The van der Waals surface area contributed by atoms with Gasteiger partial charge in [0.15, 0.2) is 0 Å². The highest BCUT2D eigenvalue weighted by Crippen LogP contribution is 2.25. The molecule has 0 unspecified atom stereocenters. The molecular weight excluding hydrogens is 339 g/mol. The fraction of sp³-hybridized carbons (Fsp3) is 0.273. The van der Waals surface area contributed by atoms with E-state index in [1.54, 1.807) is 12.1 Å². The molecule has 2 heterocycles. The Kier molecular flexibility index (Phi) is 5.28. The number of anilines is 2. The molecule has 4 rings (SSSR count). The number of halogens is 1. The first kappa shape index (κ1) is 17.5. The number of benzene rings is 2. The van der Waals surface area contributed by atoms with E-state index in [-0.39, 0.29) is 5.82 Å². The van der Waals surface area contributed by atoms with Gasteiger partial charge in [0, 0.05) is 31.3 Å². The smallest absolute Gasteiger partial charge is 0.225 e. The topological polar surface area (TPSA) is 41.1 Å². The van der Waals surface area contributed by atoms with E-state index in [1.165, 1.54) is 31.4 Å². The molecule has 3 aromatic rings. The summed E-state index contributed by atoms with van der Waals surface area (Å²) < 4.78 is 13.1. The van der Waals surface area contributed by atoms with E-state index in [2.05, 4.69) is 28.4 Å². The number of hydrogen-bond donors (Lipinski definition) is 1. The van der Waals surface area contributed by atoms with Crippen LogP contribution in [0.3, 0.4) is 0 Å². The van der Waals surface area contributed by atoms with Crippen molar-refractivity contribution in [1.29, 1.82) is 0 Å². The van der Waals surface area contributed by atoms with E-state index in [1.807, 2.05) is 18.2 Å². The Morgan fingerprint density at radius 3 is 2.37 bits per heavy atom. The summed E-state index contributed by atoms with van der Waals surface area (Å²) in [6.45, 7) is 2.61.